The lowest BCUT2D eigenvalue weighted by atomic mass is 10.1. The van der Waals surface area contributed by atoms with Crippen molar-refractivity contribution in [3.8, 4) is 5.69 Å². The molecule has 6 nitrogen and oxygen atoms in total. The number of rotatable bonds is 9. The highest BCUT2D eigenvalue weighted by Crippen LogP contribution is 2.19. The Balaban J connectivity index is 1.86. The lowest BCUT2D eigenvalue weighted by Crippen LogP contribution is -2.36. The lowest BCUT2D eigenvalue weighted by Gasteiger charge is -2.24. The first-order valence-corrected chi connectivity index (χ1v) is 8.53. The van der Waals surface area contributed by atoms with Crippen molar-refractivity contribution in [3.63, 3.8) is 0 Å². The first-order valence-electron chi connectivity index (χ1n) is 8.53. The van der Waals surface area contributed by atoms with Gasteiger partial charge in [-0.05, 0) is 38.1 Å². The Kier molecular flexibility index (Phi) is 6.93. The summed E-state index contributed by atoms with van der Waals surface area (Å²) in [4.78, 5) is 18.0. The normalized spacial score (nSPS) is 12.3. The molecule has 0 fully saturated rings. The molecule has 1 N–H and O–H groups in total. The fourth-order valence-electron chi connectivity index (χ4n) is 2.52. The Hall–Kier alpha value is -2.21. The summed E-state index contributed by atoms with van der Waals surface area (Å²) in [7, 11) is 1.97. The van der Waals surface area contributed by atoms with Gasteiger partial charge in [0.2, 0.25) is 5.91 Å². The van der Waals surface area contributed by atoms with Crippen LogP contribution < -0.4 is 5.32 Å². The molecule has 0 saturated heterocycles. The third kappa shape index (κ3) is 5.16. The largest absolute Gasteiger partial charge is 0.355 e. The highest BCUT2D eigenvalue weighted by Gasteiger charge is 2.14. The summed E-state index contributed by atoms with van der Waals surface area (Å²) >= 11 is 0. The minimum absolute atomic E-state index is 0.0830. The van der Waals surface area contributed by atoms with E-state index in [9.17, 15) is 4.79 Å². The van der Waals surface area contributed by atoms with Gasteiger partial charge in [0.25, 0.3) is 0 Å². The molecular formula is C18H27N5O. The Bertz CT molecular complexity index is 609. The molecule has 1 amide bonds. The maximum Gasteiger partial charge on any atom is 0.234 e. The topological polar surface area (TPSA) is 63.1 Å². The summed E-state index contributed by atoms with van der Waals surface area (Å²) in [6.07, 6.45) is 6.56. The van der Waals surface area contributed by atoms with Crippen molar-refractivity contribution in [1.29, 1.82) is 0 Å². The number of amides is 1. The maximum atomic E-state index is 12.0. The fourth-order valence-corrected chi connectivity index (χ4v) is 2.52. The van der Waals surface area contributed by atoms with Gasteiger partial charge < -0.3 is 5.32 Å². The Morgan fingerprint density at radius 3 is 2.67 bits per heavy atom. The maximum absolute atomic E-state index is 12.0. The van der Waals surface area contributed by atoms with Crippen LogP contribution in [0, 0.1) is 0 Å². The average molecular weight is 329 g/mol. The molecule has 0 aliphatic carbocycles. The van der Waals surface area contributed by atoms with Crippen LogP contribution in [0.5, 0.6) is 0 Å². The van der Waals surface area contributed by atoms with Gasteiger partial charge in [-0.25, -0.2) is 9.67 Å². The monoisotopic (exact) mass is 329 g/mol. The highest BCUT2D eigenvalue weighted by molar-refractivity contribution is 5.78. The average Bonchev–Trinajstić information content (AvgIpc) is 3.13. The van der Waals surface area contributed by atoms with Crippen LogP contribution in [0.2, 0.25) is 0 Å². The molecule has 0 aliphatic heterocycles. The number of hydrogen-bond donors (Lipinski definition) is 1. The quantitative estimate of drug-likeness (QED) is 0.718. The van der Waals surface area contributed by atoms with Crippen molar-refractivity contribution in [2.24, 2.45) is 0 Å². The second-order valence-electron chi connectivity index (χ2n) is 6.08. The molecule has 1 aromatic heterocycles. The van der Waals surface area contributed by atoms with Gasteiger partial charge in [0.05, 0.1) is 12.2 Å². The molecule has 130 valence electrons. The van der Waals surface area contributed by atoms with E-state index in [1.54, 1.807) is 11.0 Å². The molecule has 1 unspecified atom stereocenters. The third-order valence-corrected chi connectivity index (χ3v) is 4.22. The lowest BCUT2D eigenvalue weighted by molar-refractivity contribution is -0.122. The van der Waals surface area contributed by atoms with E-state index in [-0.39, 0.29) is 11.9 Å². The zero-order valence-electron chi connectivity index (χ0n) is 14.8. The Labute approximate surface area is 143 Å². The van der Waals surface area contributed by atoms with Gasteiger partial charge in [-0.15, -0.1) is 0 Å². The number of unbranched alkanes of at least 4 members (excludes halogenated alkanes) is 2. The van der Waals surface area contributed by atoms with Crippen molar-refractivity contribution in [1.82, 2.24) is 25.0 Å². The smallest absolute Gasteiger partial charge is 0.234 e. The van der Waals surface area contributed by atoms with Crippen LogP contribution in [0.1, 0.15) is 44.7 Å². The zero-order chi connectivity index (χ0) is 17.4. The van der Waals surface area contributed by atoms with Crippen LogP contribution in [-0.4, -0.2) is 45.7 Å². The summed E-state index contributed by atoms with van der Waals surface area (Å²) in [5.41, 5.74) is 2.14. The van der Waals surface area contributed by atoms with E-state index in [0.29, 0.717) is 6.54 Å². The van der Waals surface area contributed by atoms with E-state index in [4.69, 9.17) is 0 Å². The molecule has 6 heteroatoms. The number of nitrogens with one attached hydrogen (secondary N) is 1. The van der Waals surface area contributed by atoms with E-state index < -0.39 is 0 Å². The van der Waals surface area contributed by atoms with Crippen molar-refractivity contribution in [2.75, 3.05) is 20.1 Å². The number of hydrogen-bond acceptors (Lipinski definition) is 4. The number of carbonyl (C=O) groups is 1. The van der Waals surface area contributed by atoms with E-state index in [2.05, 4.69) is 46.3 Å². The fraction of sp³-hybridized carbons (Fsp3) is 0.500. The van der Waals surface area contributed by atoms with Crippen molar-refractivity contribution >= 4 is 5.91 Å². The molecule has 2 aromatic rings. The minimum atomic E-state index is 0.0830. The zero-order valence-corrected chi connectivity index (χ0v) is 14.8. The molecule has 1 aromatic carbocycles. The van der Waals surface area contributed by atoms with Crippen LogP contribution in [0.4, 0.5) is 0 Å². The molecule has 0 saturated carbocycles. The Morgan fingerprint density at radius 1 is 1.29 bits per heavy atom. The molecule has 1 heterocycles. The van der Waals surface area contributed by atoms with E-state index in [1.807, 2.05) is 19.2 Å². The highest BCUT2D eigenvalue weighted by atomic mass is 16.2. The van der Waals surface area contributed by atoms with Gasteiger partial charge in [-0.1, -0.05) is 31.9 Å². The number of carbonyl (C=O) groups excluding carboxylic acids is 1. The third-order valence-electron chi connectivity index (χ3n) is 4.22. The molecule has 0 radical (unpaired) electrons. The van der Waals surface area contributed by atoms with Crippen LogP contribution in [0.15, 0.2) is 36.9 Å². The van der Waals surface area contributed by atoms with Gasteiger partial charge >= 0.3 is 0 Å². The first kappa shape index (κ1) is 18.1. The molecule has 2 rings (SSSR count). The van der Waals surface area contributed by atoms with E-state index in [0.717, 1.165) is 31.5 Å². The predicted octanol–water partition coefficient (Wildman–Crippen LogP) is 2.57. The molecule has 0 spiro atoms. The van der Waals surface area contributed by atoms with Crippen LogP contribution in [0.3, 0.4) is 0 Å². The van der Waals surface area contributed by atoms with Gasteiger partial charge in [-0.2, -0.15) is 5.10 Å². The molecule has 0 aliphatic rings. The van der Waals surface area contributed by atoms with Crippen molar-refractivity contribution in [2.45, 2.75) is 39.2 Å². The Morgan fingerprint density at radius 2 is 2.04 bits per heavy atom. The van der Waals surface area contributed by atoms with Crippen molar-refractivity contribution in [3.05, 3.63) is 42.5 Å². The second-order valence-corrected chi connectivity index (χ2v) is 6.08. The van der Waals surface area contributed by atoms with Gasteiger partial charge in [0.15, 0.2) is 0 Å². The van der Waals surface area contributed by atoms with Crippen LogP contribution in [-0.2, 0) is 4.79 Å². The standard InChI is InChI=1S/C18H27N5O/c1-4-5-6-11-20-18(24)12-22(3)15(2)16-7-9-17(10-8-16)23-14-19-13-21-23/h7-10,13-15H,4-6,11-12H2,1-3H3,(H,20,24). The SMILES string of the molecule is CCCCCNC(=O)CN(C)C(C)c1ccc(-n2cncn2)cc1. The summed E-state index contributed by atoms with van der Waals surface area (Å²) in [6.45, 7) is 5.43. The summed E-state index contributed by atoms with van der Waals surface area (Å²) in [5.74, 6) is 0.0830. The molecule has 0 bridgehead atoms. The number of nitrogens with zero attached hydrogens (tertiary/aromatic N) is 4. The van der Waals surface area contributed by atoms with Gasteiger partial charge in [0.1, 0.15) is 12.7 Å². The van der Waals surface area contributed by atoms with Gasteiger partial charge in [0, 0.05) is 12.6 Å². The molecule has 1 atom stereocenters. The number of benzene rings is 1. The van der Waals surface area contributed by atoms with Crippen LogP contribution in [0.25, 0.3) is 5.69 Å². The van der Waals surface area contributed by atoms with E-state index >= 15 is 0 Å². The summed E-state index contributed by atoms with van der Waals surface area (Å²) < 4.78 is 1.72. The van der Waals surface area contributed by atoms with Crippen LogP contribution >= 0.6 is 0 Å². The summed E-state index contributed by atoms with van der Waals surface area (Å²) in [6, 6.07) is 8.32. The molecular weight excluding hydrogens is 302 g/mol. The first-order chi connectivity index (χ1) is 11.6. The predicted molar refractivity (Wildman–Crippen MR) is 94.9 cm³/mol. The van der Waals surface area contributed by atoms with Gasteiger partial charge in [-0.3, -0.25) is 9.69 Å². The van der Waals surface area contributed by atoms with Crippen molar-refractivity contribution < 1.29 is 4.79 Å². The second kappa shape index (κ2) is 9.17. The van der Waals surface area contributed by atoms with E-state index in [1.165, 1.54) is 11.9 Å². The molecule has 24 heavy (non-hydrogen) atoms. The number of aromatic nitrogens is 3. The number of likely N-dealkylation sites (N-methyl/N-ethyl adjacent to an activating group) is 1. The minimum Gasteiger partial charge on any atom is -0.355 e. The summed E-state index contributed by atoms with van der Waals surface area (Å²) in [5, 5.41) is 7.10.